The van der Waals surface area contributed by atoms with Crippen molar-refractivity contribution in [2.45, 2.75) is 0 Å². The molecule has 1 N–H and O–H groups in total. The quantitative estimate of drug-likeness (QED) is 0.874. The smallest absolute Gasteiger partial charge is 0.371 e. The molecule has 2 aromatic heterocycles. The summed E-state index contributed by atoms with van der Waals surface area (Å²) in [6.45, 7) is 0. The van der Waals surface area contributed by atoms with Crippen LogP contribution in [0.15, 0.2) is 15.0 Å². The molecular formula is C7H5BrN4O3. The molecule has 0 aliphatic heterocycles. The zero-order valence-electron chi connectivity index (χ0n) is 7.51. The van der Waals surface area contributed by atoms with Gasteiger partial charge in [0.25, 0.3) is 0 Å². The number of rotatable bonds is 2. The van der Waals surface area contributed by atoms with Gasteiger partial charge >= 0.3 is 5.97 Å². The Hall–Kier alpha value is -1.70. The van der Waals surface area contributed by atoms with Gasteiger partial charge in [0.2, 0.25) is 11.6 Å². The predicted octanol–water partition coefficient (Wildman–Crippen LogP) is 0.931. The van der Waals surface area contributed by atoms with Crippen LogP contribution in [0.4, 0.5) is 0 Å². The number of tetrazole rings is 1. The van der Waals surface area contributed by atoms with Gasteiger partial charge in [-0.25, -0.2) is 4.79 Å². The van der Waals surface area contributed by atoms with Crippen molar-refractivity contribution >= 4 is 21.9 Å². The molecule has 2 aromatic rings. The summed E-state index contributed by atoms with van der Waals surface area (Å²) in [5.74, 6) is -0.840. The second-order valence-corrected chi connectivity index (χ2v) is 3.55. The highest BCUT2D eigenvalue weighted by Gasteiger charge is 2.18. The van der Waals surface area contributed by atoms with Gasteiger partial charge in [0, 0.05) is 6.07 Å². The molecule has 0 bridgehead atoms. The third kappa shape index (κ3) is 1.75. The van der Waals surface area contributed by atoms with E-state index >= 15 is 0 Å². The van der Waals surface area contributed by atoms with E-state index in [-0.39, 0.29) is 17.3 Å². The van der Waals surface area contributed by atoms with Crippen LogP contribution < -0.4 is 0 Å². The van der Waals surface area contributed by atoms with Crippen LogP contribution in [0.2, 0.25) is 0 Å². The standard InChI is InChI=1S/C7H5BrN4O3/c1-12-10-6(9-11-12)5-3(8)2-4(15-5)7(13)14/h2H,1H3,(H,13,14). The molecule has 0 amide bonds. The second kappa shape index (κ2) is 3.46. The van der Waals surface area contributed by atoms with Gasteiger partial charge in [0.15, 0.2) is 5.76 Å². The van der Waals surface area contributed by atoms with Gasteiger partial charge in [-0.3, -0.25) is 0 Å². The lowest BCUT2D eigenvalue weighted by molar-refractivity contribution is 0.0663. The van der Waals surface area contributed by atoms with Crippen molar-refractivity contribution in [1.29, 1.82) is 0 Å². The topological polar surface area (TPSA) is 94.0 Å². The monoisotopic (exact) mass is 272 g/mol. The lowest BCUT2D eigenvalue weighted by atomic mass is 10.4. The van der Waals surface area contributed by atoms with Gasteiger partial charge in [0.1, 0.15) is 0 Å². The van der Waals surface area contributed by atoms with Crippen molar-refractivity contribution in [3.8, 4) is 11.6 Å². The Morgan fingerprint density at radius 2 is 2.40 bits per heavy atom. The number of carboxylic acids is 1. The van der Waals surface area contributed by atoms with E-state index < -0.39 is 5.97 Å². The van der Waals surface area contributed by atoms with Crippen LogP contribution in [-0.2, 0) is 7.05 Å². The average molecular weight is 273 g/mol. The Morgan fingerprint density at radius 1 is 1.67 bits per heavy atom. The van der Waals surface area contributed by atoms with Crippen molar-refractivity contribution in [1.82, 2.24) is 20.2 Å². The summed E-state index contributed by atoms with van der Waals surface area (Å²) < 4.78 is 5.53. The van der Waals surface area contributed by atoms with E-state index in [1.54, 1.807) is 7.05 Å². The van der Waals surface area contributed by atoms with Crippen LogP contribution >= 0.6 is 15.9 Å². The van der Waals surface area contributed by atoms with Gasteiger partial charge in [0.05, 0.1) is 11.5 Å². The Kier molecular flexibility index (Phi) is 2.27. The second-order valence-electron chi connectivity index (χ2n) is 2.70. The number of aryl methyl sites for hydroxylation is 1. The molecule has 7 nitrogen and oxygen atoms in total. The number of halogens is 1. The number of aromatic carboxylic acids is 1. The number of hydrogen-bond acceptors (Lipinski definition) is 5. The maximum atomic E-state index is 10.6. The average Bonchev–Trinajstić information content (AvgIpc) is 2.71. The number of furan rings is 1. The molecule has 0 aliphatic rings. The maximum absolute atomic E-state index is 10.6. The lowest BCUT2D eigenvalue weighted by Crippen LogP contribution is -1.92. The molecule has 8 heteroatoms. The van der Waals surface area contributed by atoms with Gasteiger partial charge in [-0.2, -0.15) is 4.80 Å². The van der Waals surface area contributed by atoms with E-state index in [1.807, 2.05) is 0 Å². The molecule has 0 aromatic carbocycles. The minimum absolute atomic E-state index is 0.177. The summed E-state index contributed by atoms with van der Waals surface area (Å²) in [6, 6.07) is 1.34. The van der Waals surface area contributed by atoms with Crippen LogP contribution in [-0.4, -0.2) is 31.3 Å². The molecule has 0 atom stereocenters. The first-order valence-electron chi connectivity index (χ1n) is 3.85. The number of carboxylic acid groups (broad SMARTS) is 1. The zero-order valence-corrected chi connectivity index (χ0v) is 9.09. The Morgan fingerprint density at radius 3 is 2.87 bits per heavy atom. The number of hydrogen-bond donors (Lipinski definition) is 1. The summed E-state index contributed by atoms with van der Waals surface area (Å²) >= 11 is 3.16. The third-order valence-electron chi connectivity index (χ3n) is 1.61. The third-order valence-corrected chi connectivity index (χ3v) is 2.20. The maximum Gasteiger partial charge on any atom is 0.371 e. The van der Waals surface area contributed by atoms with Crippen molar-refractivity contribution in [2.24, 2.45) is 7.05 Å². The van der Waals surface area contributed by atoms with Crippen molar-refractivity contribution in [3.63, 3.8) is 0 Å². The molecule has 0 aliphatic carbocycles. The summed E-state index contributed by atoms with van der Waals surface area (Å²) in [7, 11) is 1.60. The molecule has 0 spiro atoms. The molecule has 2 heterocycles. The van der Waals surface area contributed by atoms with E-state index in [2.05, 4.69) is 31.3 Å². The van der Waals surface area contributed by atoms with Crippen LogP contribution in [0.1, 0.15) is 10.6 Å². The molecule has 0 saturated carbocycles. The first-order valence-corrected chi connectivity index (χ1v) is 4.64. The van der Waals surface area contributed by atoms with Crippen molar-refractivity contribution < 1.29 is 14.3 Å². The van der Waals surface area contributed by atoms with Gasteiger partial charge < -0.3 is 9.52 Å². The SMILES string of the molecule is Cn1nnc(-c2oc(C(=O)O)cc2Br)n1. The number of nitrogens with zero attached hydrogens (tertiary/aromatic N) is 4. The zero-order chi connectivity index (χ0) is 11.0. The van der Waals surface area contributed by atoms with Crippen LogP contribution in [0.5, 0.6) is 0 Å². The lowest BCUT2D eigenvalue weighted by Gasteiger charge is -1.87. The summed E-state index contributed by atoms with van der Waals surface area (Å²) in [6.07, 6.45) is 0. The summed E-state index contributed by atoms with van der Waals surface area (Å²) in [5.41, 5.74) is 0. The highest BCUT2D eigenvalue weighted by atomic mass is 79.9. The number of aromatic nitrogens is 4. The normalized spacial score (nSPS) is 10.5. The van der Waals surface area contributed by atoms with Crippen molar-refractivity contribution in [2.75, 3.05) is 0 Å². The molecule has 0 fully saturated rings. The fourth-order valence-electron chi connectivity index (χ4n) is 1.00. The molecule has 0 unspecified atom stereocenters. The number of carbonyl (C=O) groups is 1. The summed E-state index contributed by atoms with van der Waals surface area (Å²) in [5, 5.41) is 19.9. The Balaban J connectivity index is 2.49. The van der Waals surface area contributed by atoms with E-state index in [9.17, 15) is 4.79 Å². The van der Waals surface area contributed by atoms with Gasteiger partial charge in [-0.1, -0.05) is 0 Å². The van der Waals surface area contributed by atoms with E-state index in [1.165, 1.54) is 10.9 Å². The van der Waals surface area contributed by atoms with Crippen molar-refractivity contribution in [3.05, 3.63) is 16.3 Å². The molecular weight excluding hydrogens is 268 g/mol. The molecule has 15 heavy (non-hydrogen) atoms. The fourth-order valence-corrected chi connectivity index (χ4v) is 1.47. The molecule has 0 saturated heterocycles. The fraction of sp³-hybridized carbons (Fsp3) is 0.143. The first kappa shape index (κ1) is 9.84. The minimum atomic E-state index is -1.15. The summed E-state index contributed by atoms with van der Waals surface area (Å²) in [4.78, 5) is 11.9. The largest absolute Gasteiger partial charge is 0.475 e. The van der Waals surface area contributed by atoms with Crippen LogP contribution in [0.3, 0.4) is 0 Å². The highest BCUT2D eigenvalue weighted by molar-refractivity contribution is 9.10. The van der Waals surface area contributed by atoms with E-state index in [0.717, 1.165) is 0 Å². The Labute approximate surface area is 91.8 Å². The first-order chi connectivity index (χ1) is 7.08. The Bertz CT molecular complexity index is 518. The highest BCUT2D eigenvalue weighted by Crippen LogP contribution is 2.28. The van der Waals surface area contributed by atoms with Gasteiger partial charge in [-0.05, 0) is 21.1 Å². The van der Waals surface area contributed by atoms with Gasteiger partial charge in [-0.15, -0.1) is 10.2 Å². The van der Waals surface area contributed by atoms with Crippen LogP contribution in [0.25, 0.3) is 11.6 Å². The molecule has 2 rings (SSSR count). The molecule has 0 radical (unpaired) electrons. The predicted molar refractivity (Wildman–Crippen MR) is 51.2 cm³/mol. The van der Waals surface area contributed by atoms with Crippen LogP contribution in [0, 0.1) is 0 Å². The van der Waals surface area contributed by atoms with E-state index in [4.69, 9.17) is 9.52 Å². The molecule has 78 valence electrons. The van der Waals surface area contributed by atoms with E-state index in [0.29, 0.717) is 4.47 Å². The minimum Gasteiger partial charge on any atom is -0.475 e.